The summed E-state index contributed by atoms with van der Waals surface area (Å²) >= 11 is 9.23. The Kier molecular flexibility index (Phi) is 3.71. The molecule has 0 saturated carbocycles. The van der Waals surface area contributed by atoms with Crippen LogP contribution in [0.2, 0.25) is 5.02 Å². The van der Waals surface area contributed by atoms with E-state index in [1.165, 1.54) is 6.07 Å². The Morgan fingerprint density at radius 1 is 1.20 bits per heavy atom. The van der Waals surface area contributed by atoms with Gasteiger partial charge in [0.25, 0.3) is 0 Å². The first kappa shape index (κ1) is 13.9. The van der Waals surface area contributed by atoms with E-state index < -0.39 is 12.2 Å². The smallest absolute Gasteiger partial charge is 0.130 e. The van der Waals surface area contributed by atoms with Gasteiger partial charge in [0.2, 0.25) is 0 Å². The Morgan fingerprint density at radius 3 is 2.80 bits per heavy atom. The fourth-order valence-electron chi connectivity index (χ4n) is 2.37. The van der Waals surface area contributed by atoms with Crippen LogP contribution < -0.4 is 4.74 Å². The van der Waals surface area contributed by atoms with Crippen molar-refractivity contribution in [1.82, 2.24) is 0 Å². The third kappa shape index (κ3) is 2.55. The molecule has 1 N–H and O–H groups in total. The molecule has 1 aliphatic rings. The van der Waals surface area contributed by atoms with E-state index in [4.69, 9.17) is 16.3 Å². The lowest BCUT2D eigenvalue weighted by atomic mass is 9.95. The second-order valence-corrected chi connectivity index (χ2v) is 6.06. The first-order valence-corrected chi connectivity index (χ1v) is 7.31. The SMILES string of the molecule is O[C@H]1CC(c2cc(Br)ccc2F)Oc2ccc(Cl)cc21. The minimum Gasteiger partial charge on any atom is -0.485 e. The molecule has 1 aliphatic heterocycles. The summed E-state index contributed by atoms with van der Waals surface area (Å²) in [5.41, 5.74) is 1.07. The topological polar surface area (TPSA) is 29.5 Å². The molecule has 5 heteroatoms. The van der Waals surface area contributed by atoms with Crippen LogP contribution in [0.3, 0.4) is 0 Å². The molecule has 2 aromatic carbocycles. The van der Waals surface area contributed by atoms with Gasteiger partial charge in [-0.2, -0.15) is 0 Å². The van der Waals surface area contributed by atoms with Crippen LogP contribution in [-0.2, 0) is 0 Å². The maximum Gasteiger partial charge on any atom is 0.130 e. The summed E-state index contributed by atoms with van der Waals surface area (Å²) in [6, 6.07) is 9.75. The lowest BCUT2D eigenvalue weighted by Gasteiger charge is -2.30. The van der Waals surface area contributed by atoms with Crippen LogP contribution in [0.15, 0.2) is 40.9 Å². The van der Waals surface area contributed by atoms with Crippen molar-refractivity contribution in [3.8, 4) is 5.75 Å². The van der Waals surface area contributed by atoms with Crippen molar-refractivity contribution in [3.63, 3.8) is 0 Å². The van der Waals surface area contributed by atoms with Gasteiger partial charge in [-0.1, -0.05) is 27.5 Å². The number of aliphatic hydroxyl groups excluding tert-OH is 1. The molecule has 2 aromatic rings. The predicted molar refractivity (Wildman–Crippen MR) is 78.5 cm³/mol. The van der Waals surface area contributed by atoms with Gasteiger partial charge in [-0.15, -0.1) is 0 Å². The number of hydrogen-bond acceptors (Lipinski definition) is 2. The number of halogens is 3. The van der Waals surface area contributed by atoms with Gasteiger partial charge in [-0.05, 0) is 36.4 Å². The molecule has 0 aromatic heterocycles. The van der Waals surface area contributed by atoms with Crippen molar-refractivity contribution in [3.05, 3.63) is 62.8 Å². The highest BCUT2D eigenvalue weighted by Gasteiger charge is 2.29. The van der Waals surface area contributed by atoms with Crippen LogP contribution in [0.4, 0.5) is 4.39 Å². The Balaban J connectivity index is 1.99. The van der Waals surface area contributed by atoms with Crippen molar-refractivity contribution < 1.29 is 14.2 Å². The average Bonchev–Trinajstić information content (AvgIpc) is 2.42. The quantitative estimate of drug-likeness (QED) is 0.794. The molecular formula is C15H11BrClFO2. The van der Waals surface area contributed by atoms with Gasteiger partial charge >= 0.3 is 0 Å². The molecule has 0 aliphatic carbocycles. The van der Waals surface area contributed by atoms with Gasteiger partial charge in [0, 0.05) is 27.0 Å². The predicted octanol–water partition coefficient (Wildman–Crippen LogP) is 4.80. The first-order valence-electron chi connectivity index (χ1n) is 6.13. The van der Waals surface area contributed by atoms with Crippen LogP contribution in [0.5, 0.6) is 5.75 Å². The van der Waals surface area contributed by atoms with E-state index in [0.29, 0.717) is 28.3 Å². The number of ether oxygens (including phenoxy) is 1. The lowest BCUT2D eigenvalue weighted by molar-refractivity contribution is 0.0640. The summed E-state index contributed by atoms with van der Waals surface area (Å²) in [6.07, 6.45) is -0.947. The fraction of sp³-hybridized carbons (Fsp3) is 0.200. The van der Waals surface area contributed by atoms with E-state index in [1.807, 2.05) is 0 Å². The van der Waals surface area contributed by atoms with E-state index in [9.17, 15) is 9.50 Å². The normalized spacial score (nSPS) is 21.2. The maximum atomic E-state index is 13.9. The minimum atomic E-state index is -0.721. The van der Waals surface area contributed by atoms with Crippen LogP contribution >= 0.6 is 27.5 Å². The van der Waals surface area contributed by atoms with Crippen molar-refractivity contribution in [2.24, 2.45) is 0 Å². The zero-order valence-corrected chi connectivity index (χ0v) is 12.7. The molecule has 20 heavy (non-hydrogen) atoms. The third-order valence-corrected chi connectivity index (χ3v) is 4.07. The molecule has 2 nitrogen and oxygen atoms in total. The van der Waals surface area contributed by atoms with Gasteiger partial charge in [-0.25, -0.2) is 4.39 Å². The van der Waals surface area contributed by atoms with Gasteiger partial charge < -0.3 is 9.84 Å². The molecular weight excluding hydrogens is 347 g/mol. The Hall–Kier alpha value is -1.10. The highest BCUT2D eigenvalue weighted by atomic mass is 79.9. The van der Waals surface area contributed by atoms with E-state index >= 15 is 0 Å². The van der Waals surface area contributed by atoms with Crippen molar-refractivity contribution in [2.45, 2.75) is 18.6 Å². The van der Waals surface area contributed by atoms with Crippen LogP contribution in [-0.4, -0.2) is 5.11 Å². The number of benzene rings is 2. The number of aliphatic hydroxyl groups is 1. The Labute approximate surface area is 129 Å². The first-order chi connectivity index (χ1) is 9.54. The van der Waals surface area contributed by atoms with Gasteiger partial charge in [0.1, 0.15) is 17.7 Å². The van der Waals surface area contributed by atoms with E-state index in [0.717, 1.165) is 4.47 Å². The monoisotopic (exact) mass is 356 g/mol. The van der Waals surface area contributed by atoms with Crippen molar-refractivity contribution in [2.75, 3.05) is 0 Å². The summed E-state index contributed by atoms with van der Waals surface area (Å²) in [4.78, 5) is 0. The van der Waals surface area contributed by atoms with Gasteiger partial charge in [-0.3, -0.25) is 0 Å². The number of hydrogen-bond donors (Lipinski definition) is 1. The molecule has 0 radical (unpaired) electrons. The molecule has 0 bridgehead atoms. The molecule has 1 unspecified atom stereocenters. The number of rotatable bonds is 1. The Morgan fingerprint density at radius 2 is 2.00 bits per heavy atom. The minimum absolute atomic E-state index is 0.292. The molecule has 0 fully saturated rings. The Bertz CT molecular complexity index is 662. The van der Waals surface area contributed by atoms with Gasteiger partial charge in [0.05, 0.1) is 6.10 Å². The summed E-state index contributed by atoms with van der Waals surface area (Å²) < 4.78 is 20.5. The van der Waals surface area contributed by atoms with Crippen molar-refractivity contribution >= 4 is 27.5 Å². The molecule has 3 rings (SSSR count). The number of fused-ring (bicyclic) bond motifs is 1. The van der Waals surface area contributed by atoms with E-state index in [1.54, 1.807) is 30.3 Å². The van der Waals surface area contributed by atoms with Crippen LogP contribution in [0.1, 0.15) is 29.8 Å². The van der Waals surface area contributed by atoms with E-state index in [-0.39, 0.29) is 5.82 Å². The highest BCUT2D eigenvalue weighted by Crippen LogP contribution is 2.42. The summed E-state index contributed by atoms with van der Waals surface area (Å²) in [7, 11) is 0. The fourth-order valence-corrected chi connectivity index (χ4v) is 2.93. The molecule has 104 valence electrons. The summed E-state index contributed by atoms with van der Waals surface area (Å²) in [5, 5.41) is 10.7. The van der Waals surface area contributed by atoms with E-state index in [2.05, 4.69) is 15.9 Å². The lowest BCUT2D eigenvalue weighted by Crippen LogP contribution is -2.20. The average molecular weight is 358 g/mol. The third-order valence-electron chi connectivity index (χ3n) is 3.34. The molecule has 2 atom stereocenters. The largest absolute Gasteiger partial charge is 0.485 e. The second kappa shape index (κ2) is 5.35. The second-order valence-electron chi connectivity index (χ2n) is 4.71. The maximum absolute atomic E-state index is 13.9. The van der Waals surface area contributed by atoms with Gasteiger partial charge in [0.15, 0.2) is 0 Å². The zero-order chi connectivity index (χ0) is 14.3. The molecule has 1 heterocycles. The summed E-state index contributed by atoms with van der Waals surface area (Å²) in [6.45, 7) is 0. The zero-order valence-electron chi connectivity index (χ0n) is 10.3. The standard InChI is InChI=1S/C15H11BrClFO2/c16-8-1-3-12(18)10(5-8)15-7-13(19)11-6-9(17)2-4-14(11)20-15/h1-6,13,15,19H,7H2/t13-,15?/m0/s1. The highest BCUT2D eigenvalue weighted by molar-refractivity contribution is 9.10. The summed E-state index contributed by atoms with van der Waals surface area (Å²) in [5.74, 6) is 0.195. The molecule has 0 amide bonds. The van der Waals surface area contributed by atoms with Crippen molar-refractivity contribution in [1.29, 1.82) is 0 Å². The molecule has 0 saturated heterocycles. The van der Waals surface area contributed by atoms with Crippen LogP contribution in [0.25, 0.3) is 0 Å². The molecule has 0 spiro atoms. The van der Waals surface area contributed by atoms with Crippen LogP contribution in [0, 0.1) is 5.82 Å².